The van der Waals surface area contributed by atoms with E-state index in [0.29, 0.717) is 0 Å². The first kappa shape index (κ1) is 14.6. The molecule has 0 spiro atoms. The highest BCUT2D eigenvalue weighted by molar-refractivity contribution is 6.01. The van der Waals surface area contributed by atoms with Gasteiger partial charge in [0.2, 0.25) is 5.95 Å². The van der Waals surface area contributed by atoms with Gasteiger partial charge in [0.1, 0.15) is 6.54 Å². The number of hydrogen-bond donors (Lipinski definition) is 2. The maximum Gasteiger partial charge on any atom is 0.262 e. The van der Waals surface area contributed by atoms with Crippen molar-refractivity contribution in [2.45, 2.75) is 26.3 Å². The summed E-state index contributed by atoms with van der Waals surface area (Å²) in [7, 11) is 0. The molecule has 0 radical (unpaired) electrons. The second-order valence-electron chi connectivity index (χ2n) is 4.40. The fourth-order valence-electron chi connectivity index (χ4n) is 1.76. The number of nitrogens with zero attached hydrogens (tertiary/aromatic N) is 5. The quantitative estimate of drug-likeness (QED) is 0.596. The van der Waals surface area contributed by atoms with Crippen molar-refractivity contribution in [3.63, 3.8) is 0 Å². The number of aromatic nitrogens is 4. The SMILES string of the molecule is CCC/C(=N/NC(=O)Cn1nnnc1N)c1ccccc1. The van der Waals surface area contributed by atoms with E-state index in [1.807, 2.05) is 30.3 Å². The Morgan fingerprint density at radius 2 is 2.14 bits per heavy atom. The minimum atomic E-state index is -0.335. The molecule has 0 atom stereocenters. The number of amides is 1. The van der Waals surface area contributed by atoms with E-state index in [1.54, 1.807) is 0 Å². The summed E-state index contributed by atoms with van der Waals surface area (Å²) in [6.07, 6.45) is 1.71. The fourth-order valence-corrected chi connectivity index (χ4v) is 1.76. The molecule has 0 saturated carbocycles. The first-order valence-corrected chi connectivity index (χ1v) is 6.63. The van der Waals surface area contributed by atoms with Crippen molar-refractivity contribution in [1.29, 1.82) is 0 Å². The molecule has 0 fully saturated rings. The second-order valence-corrected chi connectivity index (χ2v) is 4.40. The number of nitrogens with one attached hydrogen (secondary N) is 1. The number of benzene rings is 1. The van der Waals surface area contributed by atoms with Gasteiger partial charge < -0.3 is 5.73 Å². The number of nitrogens with two attached hydrogens (primary N) is 1. The smallest absolute Gasteiger partial charge is 0.262 e. The third-order valence-corrected chi connectivity index (χ3v) is 2.76. The fraction of sp³-hybridized carbons (Fsp3) is 0.308. The molecule has 3 N–H and O–H groups in total. The van der Waals surface area contributed by atoms with E-state index in [0.717, 1.165) is 24.1 Å². The molecule has 1 aromatic carbocycles. The third-order valence-electron chi connectivity index (χ3n) is 2.76. The lowest BCUT2D eigenvalue weighted by molar-refractivity contribution is -0.121. The Balaban J connectivity index is 2.03. The zero-order valence-corrected chi connectivity index (χ0v) is 11.7. The van der Waals surface area contributed by atoms with E-state index >= 15 is 0 Å². The van der Waals surface area contributed by atoms with Crippen LogP contribution >= 0.6 is 0 Å². The first-order valence-electron chi connectivity index (χ1n) is 6.63. The monoisotopic (exact) mass is 287 g/mol. The molecule has 2 aromatic rings. The minimum absolute atomic E-state index is 0.0729. The Bertz CT molecular complexity index is 620. The third kappa shape index (κ3) is 4.10. The predicted octanol–water partition coefficient (Wildman–Crippen LogP) is 0.576. The van der Waals surface area contributed by atoms with Gasteiger partial charge >= 0.3 is 0 Å². The zero-order chi connectivity index (χ0) is 15.1. The Morgan fingerprint density at radius 3 is 2.76 bits per heavy atom. The van der Waals surface area contributed by atoms with Crippen LogP contribution < -0.4 is 11.2 Å². The summed E-state index contributed by atoms with van der Waals surface area (Å²) in [5, 5.41) is 14.7. The molecule has 110 valence electrons. The van der Waals surface area contributed by atoms with Gasteiger partial charge in [-0.3, -0.25) is 4.79 Å². The molecule has 1 heterocycles. The lowest BCUT2D eigenvalue weighted by Crippen LogP contribution is -2.26. The summed E-state index contributed by atoms with van der Waals surface area (Å²) >= 11 is 0. The van der Waals surface area contributed by atoms with Crippen molar-refractivity contribution in [2.75, 3.05) is 5.73 Å². The minimum Gasteiger partial charge on any atom is -0.367 e. The summed E-state index contributed by atoms with van der Waals surface area (Å²) in [5.74, 6) is -0.246. The summed E-state index contributed by atoms with van der Waals surface area (Å²) in [6.45, 7) is 1.98. The molecule has 0 aliphatic carbocycles. The van der Waals surface area contributed by atoms with Crippen LogP contribution in [0.4, 0.5) is 5.95 Å². The molecular weight excluding hydrogens is 270 g/mol. The standard InChI is InChI=1S/C13H17N7O/c1-2-6-11(10-7-4-3-5-8-10)15-16-12(21)9-20-13(14)17-18-19-20/h3-5,7-8H,2,6,9H2,1H3,(H,16,21)(H2,14,17,19)/b15-11-. The number of nitrogen functional groups attached to an aromatic ring is 1. The first-order chi connectivity index (χ1) is 10.2. The topological polar surface area (TPSA) is 111 Å². The highest BCUT2D eigenvalue weighted by Gasteiger charge is 2.08. The van der Waals surface area contributed by atoms with E-state index in [4.69, 9.17) is 5.73 Å². The van der Waals surface area contributed by atoms with Crippen molar-refractivity contribution >= 4 is 17.6 Å². The Hall–Kier alpha value is -2.77. The molecule has 8 nitrogen and oxygen atoms in total. The Labute approximate surface area is 122 Å². The van der Waals surface area contributed by atoms with E-state index in [1.165, 1.54) is 4.68 Å². The van der Waals surface area contributed by atoms with Crippen LogP contribution in [-0.2, 0) is 11.3 Å². The summed E-state index contributed by atoms with van der Waals surface area (Å²) in [4.78, 5) is 11.8. The van der Waals surface area contributed by atoms with Crippen LogP contribution in [0.15, 0.2) is 35.4 Å². The van der Waals surface area contributed by atoms with Crippen LogP contribution in [0.1, 0.15) is 25.3 Å². The number of rotatable bonds is 6. The van der Waals surface area contributed by atoms with Crippen LogP contribution in [0, 0.1) is 0 Å². The van der Waals surface area contributed by atoms with Crippen molar-refractivity contribution in [3.8, 4) is 0 Å². The molecule has 2 rings (SSSR count). The average molecular weight is 287 g/mol. The van der Waals surface area contributed by atoms with Gasteiger partial charge in [0.25, 0.3) is 5.91 Å². The summed E-state index contributed by atoms with van der Waals surface area (Å²) in [5.41, 5.74) is 9.82. The number of hydrogen-bond acceptors (Lipinski definition) is 6. The van der Waals surface area contributed by atoms with Gasteiger partial charge in [-0.25, -0.2) is 10.1 Å². The highest BCUT2D eigenvalue weighted by Crippen LogP contribution is 2.06. The molecule has 1 amide bonds. The summed E-state index contributed by atoms with van der Waals surface area (Å²) < 4.78 is 1.20. The van der Waals surface area contributed by atoms with Crippen molar-refractivity contribution in [3.05, 3.63) is 35.9 Å². The van der Waals surface area contributed by atoms with Gasteiger partial charge in [0.15, 0.2) is 0 Å². The number of tetrazole rings is 1. The number of anilines is 1. The molecule has 8 heteroatoms. The summed E-state index contributed by atoms with van der Waals surface area (Å²) in [6, 6.07) is 9.72. The molecule has 0 bridgehead atoms. The van der Waals surface area contributed by atoms with Gasteiger partial charge in [0.05, 0.1) is 5.71 Å². The average Bonchev–Trinajstić information content (AvgIpc) is 2.89. The number of carbonyl (C=O) groups is 1. The van der Waals surface area contributed by atoms with E-state index in [2.05, 4.69) is 33.0 Å². The van der Waals surface area contributed by atoms with Crippen molar-refractivity contribution in [2.24, 2.45) is 5.10 Å². The zero-order valence-electron chi connectivity index (χ0n) is 11.7. The largest absolute Gasteiger partial charge is 0.367 e. The second kappa shape index (κ2) is 7.13. The van der Waals surface area contributed by atoms with Crippen molar-refractivity contribution < 1.29 is 4.79 Å². The molecular formula is C13H17N7O. The van der Waals surface area contributed by atoms with Gasteiger partial charge in [-0.15, -0.1) is 0 Å². The number of hydrazone groups is 1. The molecule has 0 aliphatic rings. The van der Waals surface area contributed by atoms with E-state index in [9.17, 15) is 4.79 Å². The van der Waals surface area contributed by atoms with Crippen LogP contribution in [0.5, 0.6) is 0 Å². The lowest BCUT2D eigenvalue weighted by atomic mass is 10.1. The maximum absolute atomic E-state index is 11.8. The normalized spacial score (nSPS) is 11.4. The number of carbonyl (C=O) groups excluding carboxylic acids is 1. The Kier molecular flexibility index (Phi) is 4.97. The van der Waals surface area contributed by atoms with Crippen molar-refractivity contribution in [1.82, 2.24) is 25.6 Å². The van der Waals surface area contributed by atoms with Gasteiger partial charge in [-0.05, 0) is 22.4 Å². The maximum atomic E-state index is 11.8. The predicted molar refractivity (Wildman–Crippen MR) is 78.3 cm³/mol. The molecule has 1 aromatic heterocycles. The van der Waals surface area contributed by atoms with Crippen LogP contribution in [0.3, 0.4) is 0 Å². The van der Waals surface area contributed by atoms with Gasteiger partial charge in [0, 0.05) is 0 Å². The van der Waals surface area contributed by atoms with Crippen LogP contribution in [0.2, 0.25) is 0 Å². The molecule has 0 aliphatic heterocycles. The Morgan fingerprint density at radius 1 is 1.38 bits per heavy atom. The van der Waals surface area contributed by atoms with Gasteiger partial charge in [-0.1, -0.05) is 48.8 Å². The molecule has 0 unspecified atom stereocenters. The molecule has 0 saturated heterocycles. The van der Waals surface area contributed by atoms with E-state index < -0.39 is 0 Å². The lowest BCUT2D eigenvalue weighted by Gasteiger charge is -2.06. The highest BCUT2D eigenvalue weighted by atomic mass is 16.2. The van der Waals surface area contributed by atoms with Gasteiger partial charge in [-0.2, -0.15) is 5.10 Å². The van der Waals surface area contributed by atoms with E-state index in [-0.39, 0.29) is 18.4 Å². The van der Waals surface area contributed by atoms with Crippen LogP contribution in [-0.4, -0.2) is 31.8 Å². The van der Waals surface area contributed by atoms with Crippen LogP contribution in [0.25, 0.3) is 0 Å². The molecule has 21 heavy (non-hydrogen) atoms.